The number of amides is 1. The Hall–Kier alpha value is -1.26. The Labute approximate surface area is 125 Å². The highest BCUT2D eigenvalue weighted by Crippen LogP contribution is 2.24. The molecule has 1 heterocycles. The average molecular weight is 297 g/mol. The van der Waals surface area contributed by atoms with Gasteiger partial charge in [0.2, 0.25) is 0 Å². The molecule has 0 aliphatic carbocycles. The number of hydrogen-bond donors (Lipinski definition) is 1. The summed E-state index contributed by atoms with van der Waals surface area (Å²) in [5.41, 5.74) is 0. The number of halogens is 1. The van der Waals surface area contributed by atoms with Gasteiger partial charge in [0.1, 0.15) is 5.75 Å². The third-order valence-electron chi connectivity index (χ3n) is 3.36. The molecule has 20 heavy (non-hydrogen) atoms. The van der Waals surface area contributed by atoms with Crippen molar-refractivity contribution >= 4 is 17.5 Å². The van der Waals surface area contributed by atoms with Crippen LogP contribution < -0.4 is 10.1 Å². The highest BCUT2D eigenvalue weighted by molar-refractivity contribution is 6.32. The molecule has 0 radical (unpaired) electrons. The molecule has 4 nitrogen and oxygen atoms in total. The first kappa shape index (κ1) is 15.1. The van der Waals surface area contributed by atoms with E-state index >= 15 is 0 Å². The van der Waals surface area contributed by atoms with Crippen molar-refractivity contribution in [3.63, 3.8) is 0 Å². The molecule has 5 heteroatoms. The van der Waals surface area contributed by atoms with Crippen LogP contribution in [0.1, 0.15) is 20.8 Å². The first-order valence-electron chi connectivity index (χ1n) is 6.93. The second-order valence-electron chi connectivity index (χ2n) is 5.40. The standard InChI is InChI=1S/C15H21ClN2O2/c1-10-8-18(9-11(2)17-10)15(19)12(3)20-14-7-5-4-6-13(14)16/h4-7,10-12,17H,8-9H2,1-3H3/t10-,11-,12+/m1/s1. The van der Waals surface area contributed by atoms with Crippen LogP contribution in [0.15, 0.2) is 24.3 Å². The van der Waals surface area contributed by atoms with E-state index in [2.05, 4.69) is 19.2 Å². The number of ether oxygens (including phenoxy) is 1. The number of rotatable bonds is 3. The predicted octanol–water partition coefficient (Wildman–Crippen LogP) is 2.32. The summed E-state index contributed by atoms with van der Waals surface area (Å²) in [6.45, 7) is 7.34. The molecule has 0 aromatic heterocycles. The number of carbonyl (C=O) groups excluding carboxylic acids is 1. The van der Waals surface area contributed by atoms with Crippen molar-refractivity contribution in [2.45, 2.75) is 39.0 Å². The monoisotopic (exact) mass is 296 g/mol. The Kier molecular flexibility index (Phi) is 4.89. The second-order valence-corrected chi connectivity index (χ2v) is 5.81. The molecule has 3 atom stereocenters. The zero-order chi connectivity index (χ0) is 14.7. The highest BCUT2D eigenvalue weighted by Gasteiger charge is 2.28. The Morgan fingerprint density at radius 2 is 1.95 bits per heavy atom. The summed E-state index contributed by atoms with van der Waals surface area (Å²) in [5.74, 6) is 0.552. The minimum absolute atomic E-state index is 0.00474. The molecular weight excluding hydrogens is 276 g/mol. The van der Waals surface area contributed by atoms with Crippen LogP contribution in [0.25, 0.3) is 0 Å². The van der Waals surface area contributed by atoms with Crippen molar-refractivity contribution in [3.8, 4) is 5.75 Å². The quantitative estimate of drug-likeness (QED) is 0.931. The van der Waals surface area contributed by atoms with Gasteiger partial charge in [-0.1, -0.05) is 23.7 Å². The minimum Gasteiger partial charge on any atom is -0.479 e. The lowest BCUT2D eigenvalue weighted by Crippen LogP contribution is -2.57. The molecule has 0 bridgehead atoms. The van der Waals surface area contributed by atoms with Gasteiger partial charge in [0.25, 0.3) is 5.91 Å². The van der Waals surface area contributed by atoms with Gasteiger partial charge in [-0.3, -0.25) is 4.79 Å². The maximum Gasteiger partial charge on any atom is 0.263 e. The Balaban J connectivity index is 2.00. The summed E-state index contributed by atoms with van der Waals surface area (Å²) in [4.78, 5) is 14.3. The molecule has 2 rings (SSSR count). The third kappa shape index (κ3) is 3.64. The van der Waals surface area contributed by atoms with E-state index in [1.54, 1.807) is 19.1 Å². The van der Waals surface area contributed by atoms with Crippen LogP contribution in [-0.4, -0.2) is 42.1 Å². The number of hydrogen-bond acceptors (Lipinski definition) is 3. The van der Waals surface area contributed by atoms with Crippen LogP contribution in [0.3, 0.4) is 0 Å². The van der Waals surface area contributed by atoms with E-state index in [0.717, 1.165) is 0 Å². The molecule has 1 N–H and O–H groups in total. The van der Waals surface area contributed by atoms with Gasteiger partial charge in [-0.15, -0.1) is 0 Å². The van der Waals surface area contributed by atoms with Gasteiger partial charge in [-0.2, -0.15) is 0 Å². The fourth-order valence-corrected chi connectivity index (χ4v) is 2.73. The van der Waals surface area contributed by atoms with Crippen LogP contribution in [-0.2, 0) is 4.79 Å². The zero-order valence-corrected chi connectivity index (χ0v) is 12.9. The van der Waals surface area contributed by atoms with Crippen LogP contribution in [0.5, 0.6) is 5.75 Å². The van der Waals surface area contributed by atoms with E-state index in [0.29, 0.717) is 35.9 Å². The Morgan fingerprint density at radius 3 is 2.55 bits per heavy atom. The number of piperazine rings is 1. The fraction of sp³-hybridized carbons (Fsp3) is 0.533. The molecule has 110 valence electrons. The number of nitrogens with one attached hydrogen (secondary N) is 1. The average Bonchev–Trinajstić information content (AvgIpc) is 2.39. The van der Waals surface area contributed by atoms with E-state index in [1.165, 1.54) is 0 Å². The summed E-state index contributed by atoms with van der Waals surface area (Å²) >= 11 is 6.05. The number of carbonyl (C=O) groups is 1. The largest absolute Gasteiger partial charge is 0.479 e. The van der Waals surface area contributed by atoms with Crippen LogP contribution in [0.2, 0.25) is 5.02 Å². The lowest BCUT2D eigenvalue weighted by molar-refractivity contribution is -0.139. The van der Waals surface area contributed by atoms with Gasteiger partial charge in [0, 0.05) is 25.2 Å². The summed E-state index contributed by atoms with van der Waals surface area (Å²) in [5, 5.41) is 3.93. The van der Waals surface area contributed by atoms with Crippen LogP contribution >= 0.6 is 11.6 Å². The van der Waals surface area contributed by atoms with Gasteiger partial charge in [-0.25, -0.2) is 0 Å². The topological polar surface area (TPSA) is 41.6 Å². The molecule has 1 amide bonds. The number of nitrogens with zero attached hydrogens (tertiary/aromatic N) is 1. The Morgan fingerprint density at radius 1 is 1.35 bits per heavy atom. The summed E-state index contributed by atoms with van der Waals surface area (Å²) in [7, 11) is 0. The van der Waals surface area contributed by atoms with Crippen molar-refractivity contribution < 1.29 is 9.53 Å². The zero-order valence-electron chi connectivity index (χ0n) is 12.1. The summed E-state index contributed by atoms with van der Waals surface area (Å²) < 4.78 is 5.69. The van der Waals surface area contributed by atoms with E-state index in [1.807, 2.05) is 17.0 Å². The van der Waals surface area contributed by atoms with E-state index in [-0.39, 0.29) is 5.91 Å². The van der Waals surface area contributed by atoms with Crippen molar-refractivity contribution in [2.75, 3.05) is 13.1 Å². The summed E-state index contributed by atoms with van der Waals surface area (Å²) in [6, 6.07) is 7.80. The molecule has 1 aromatic rings. The second kappa shape index (κ2) is 6.46. The lowest BCUT2D eigenvalue weighted by atomic mass is 10.1. The molecule has 1 fully saturated rings. The Bertz CT molecular complexity index is 471. The SMILES string of the molecule is C[C@@H]1CN(C(=O)[C@H](C)Oc2ccccc2Cl)C[C@@H](C)N1. The van der Waals surface area contributed by atoms with E-state index in [9.17, 15) is 4.79 Å². The van der Waals surface area contributed by atoms with Crippen LogP contribution in [0, 0.1) is 0 Å². The van der Waals surface area contributed by atoms with Crippen molar-refractivity contribution in [3.05, 3.63) is 29.3 Å². The van der Waals surface area contributed by atoms with E-state index in [4.69, 9.17) is 16.3 Å². The van der Waals surface area contributed by atoms with E-state index < -0.39 is 6.10 Å². The molecule has 1 aliphatic rings. The van der Waals surface area contributed by atoms with Crippen molar-refractivity contribution in [1.29, 1.82) is 0 Å². The number of para-hydroxylation sites is 1. The van der Waals surface area contributed by atoms with Gasteiger partial charge in [0.05, 0.1) is 5.02 Å². The summed E-state index contributed by atoms with van der Waals surface area (Å²) in [6.07, 6.45) is -0.535. The molecule has 0 spiro atoms. The molecule has 1 aliphatic heterocycles. The van der Waals surface area contributed by atoms with Gasteiger partial charge < -0.3 is 15.0 Å². The van der Waals surface area contributed by atoms with Crippen molar-refractivity contribution in [2.24, 2.45) is 0 Å². The minimum atomic E-state index is -0.535. The lowest BCUT2D eigenvalue weighted by Gasteiger charge is -2.37. The third-order valence-corrected chi connectivity index (χ3v) is 3.67. The predicted molar refractivity (Wildman–Crippen MR) is 80.2 cm³/mol. The first-order chi connectivity index (χ1) is 9.47. The highest BCUT2D eigenvalue weighted by atomic mass is 35.5. The maximum absolute atomic E-state index is 12.4. The van der Waals surface area contributed by atoms with Crippen LogP contribution in [0.4, 0.5) is 0 Å². The molecule has 0 saturated carbocycles. The number of benzene rings is 1. The van der Waals surface area contributed by atoms with Gasteiger partial charge in [0.15, 0.2) is 6.10 Å². The van der Waals surface area contributed by atoms with Crippen molar-refractivity contribution in [1.82, 2.24) is 10.2 Å². The molecule has 1 saturated heterocycles. The smallest absolute Gasteiger partial charge is 0.263 e. The normalized spacial score (nSPS) is 24.3. The fourth-order valence-electron chi connectivity index (χ4n) is 2.55. The first-order valence-corrected chi connectivity index (χ1v) is 7.31. The molecular formula is C15H21ClN2O2. The maximum atomic E-state index is 12.4. The van der Waals surface area contributed by atoms with Gasteiger partial charge >= 0.3 is 0 Å². The van der Waals surface area contributed by atoms with Gasteiger partial charge in [-0.05, 0) is 32.9 Å². The molecule has 1 aromatic carbocycles. The molecule has 0 unspecified atom stereocenters.